The maximum Gasteiger partial charge on any atom is 0.211 e. The highest BCUT2D eigenvalue weighted by molar-refractivity contribution is 7.88. The van der Waals surface area contributed by atoms with Crippen molar-refractivity contribution in [2.75, 3.05) is 19.3 Å². The molecular weight excluding hydrogens is 318 g/mol. The van der Waals surface area contributed by atoms with Gasteiger partial charge in [-0.2, -0.15) is 0 Å². The summed E-state index contributed by atoms with van der Waals surface area (Å²) in [5.74, 6) is 0.343. The monoisotopic (exact) mass is 337 g/mol. The zero-order chi connectivity index (χ0) is 15.7. The topological polar surface area (TPSA) is 63.2 Å². The molecular formula is C15H19N3O2S2. The fourth-order valence-electron chi connectivity index (χ4n) is 2.74. The first-order valence-corrected chi connectivity index (χ1v) is 9.98. The van der Waals surface area contributed by atoms with Crippen LogP contribution in [0.25, 0.3) is 10.7 Å². The molecule has 1 fully saturated rings. The third kappa shape index (κ3) is 3.53. The smallest absolute Gasteiger partial charge is 0.211 e. The Morgan fingerprint density at radius 1 is 1.36 bits per heavy atom. The lowest BCUT2D eigenvalue weighted by Crippen LogP contribution is -2.27. The lowest BCUT2D eigenvalue weighted by atomic mass is 10.0. The molecule has 0 amide bonds. The third-order valence-electron chi connectivity index (χ3n) is 3.86. The molecule has 0 radical (unpaired) electrons. The number of thiazole rings is 1. The molecule has 118 valence electrons. The summed E-state index contributed by atoms with van der Waals surface area (Å²) in [7, 11) is -3.07. The van der Waals surface area contributed by atoms with E-state index in [9.17, 15) is 8.42 Å². The quantitative estimate of drug-likeness (QED) is 0.859. The molecule has 1 atom stereocenters. The Morgan fingerprint density at radius 2 is 2.18 bits per heavy atom. The molecule has 1 saturated heterocycles. The van der Waals surface area contributed by atoms with Gasteiger partial charge in [0.25, 0.3) is 0 Å². The Bertz CT molecular complexity index is 771. The molecule has 1 aliphatic rings. The van der Waals surface area contributed by atoms with Gasteiger partial charge in [0.2, 0.25) is 10.0 Å². The van der Waals surface area contributed by atoms with Crippen molar-refractivity contribution in [2.45, 2.75) is 19.8 Å². The number of rotatable bonds is 4. The minimum Gasteiger partial charge on any atom is -0.250 e. The Labute approximate surface area is 135 Å². The Hall–Kier alpha value is -1.31. The highest BCUT2D eigenvalue weighted by Gasteiger charge is 2.28. The number of pyridine rings is 1. The fraction of sp³-hybridized carbons (Fsp3) is 0.467. The lowest BCUT2D eigenvalue weighted by Gasteiger charge is -2.13. The van der Waals surface area contributed by atoms with Crippen LogP contribution in [0.3, 0.4) is 0 Å². The first kappa shape index (κ1) is 15.6. The van der Waals surface area contributed by atoms with E-state index in [1.54, 1.807) is 15.6 Å². The van der Waals surface area contributed by atoms with Crippen molar-refractivity contribution in [3.05, 3.63) is 35.0 Å². The van der Waals surface area contributed by atoms with Gasteiger partial charge in [0.15, 0.2) is 0 Å². The molecule has 22 heavy (non-hydrogen) atoms. The number of hydrogen-bond acceptors (Lipinski definition) is 5. The Morgan fingerprint density at radius 3 is 2.82 bits per heavy atom. The largest absolute Gasteiger partial charge is 0.250 e. The maximum atomic E-state index is 11.6. The predicted octanol–water partition coefficient (Wildman–Crippen LogP) is 2.34. The SMILES string of the molecule is Cc1csc(-c2cccc(CC3CCN(S(C)(=O)=O)C3)n2)n1. The van der Waals surface area contributed by atoms with Crippen LogP contribution in [0.5, 0.6) is 0 Å². The highest BCUT2D eigenvalue weighted by atomic mass is 32.2. The number of nitrogens with zero attached hydrogens (tertiary/aromatic N) is 3. The van der Waals surface area contributed by atoms with E-state index in [1.807, 2.05) is 30.5 Å². The molecule has 0 aromatic carbocycles. The first-order chi connectivity index (χ1) is 10.4. The molecule has 0 saturated carbocycles. The van der Waals surface area contributed by atoms with E-state index in [0.29, 0.717) is 19.0 Å². The second kappa shape index (κ2) is 6.06. The van der Waals surface area contributed by atoms with Crippen LogP contribution in [-0.2, 0) is 16.4 Å². The molecule has 1 aliphatic heterocycles. The Kier molecular flexibility index (Phi) is 4.29. The summed E-state index contributed by atoms with van der Waals surface area (Å²) in [4.78, 5) is 9.15. The van der Waals surface area contributed by atoms with E-state index in [2.05, 4.69) is 9.97 Å². The molecule has 7 heteroatoms. The molecule has 0 aliphatic carbocycles. The van der Waals surface area contributed by atoms with E-state index in [1.165, 1.54) is 6.26 Å². The minimum atomic E-state index is -3.07. The summed E-state index contributed by atoms with van der Waals surface area (Å²) in [5.41, 5.74) is 2.91. The average molecular weight is 337 g/mol. The van der Waals surface area contributed by atoms with Gasteiger partial charge in [-0.15, -0.1) is 11.3 Å². The second-order valence-electron chi connectivity index (χ2n) is 5.79. The van der Waals surface area contributed by atoms with E-state index < -0.39 is 10.0 Å². The predicted molar refractivity (Wildman–Crippen MR) is 88.3 cm³/mol. The van der Waals surface area contributed by atoms with Gasteiger partial charge in [-0.25, -0.2) is 17.7 Å². The van der Waals surface area contributed by atoms with Crippen LogP contribution < -0.4 is 0 Å². The number of hydrogen-bond donors (Lipinski definition) is 0. The van der Waals surface area contributed by atoms with Crippen LogP contribution in [0.15, 0.2) is 23.6 Å². The van der Waals surface area contributed by atoms with Crippen LogP contribution in [0.2, 0.25) is 0 Å². The second-order valence-corrected chi connectivity index (χ2v) is 8.63. The van der Waals surface area contributed by atoms with Gasteiger partial charge < -0.3 is 0 Å². The van der Waals surface area contributed by atoms with Crippen molar-refractivity contribution in [1.29, 1.82) is 0 Å². The standard InChI is InChI=1S/C15H19N3O2S2/c1-11-10-21-15(16-11)14-5-3-4-13(17-14)8-12-6-7-18(9-12)22(2,19)20/h3-5,10,12H,6-9H2,1-2H3. The van der Waals surface area contributed by atoms with Crippen molar-refractivity contribution >= 4 is 21.4 Å². The van der Waals surface area contributed by atoms with Crippen LogP contribution >= 0.6 is 11.3 Å². The molecule has 2 aromatic heterocycles. The molecule has 5 nitrogen and oxygen atoms in total. The summed E-state index contributed by atoms with van der Waals surface area (Å²) in [6, 6.07) is 5.98. The van der Waals surface area contributed by atoms with Crippen LogP contribution in [-0.4, -0.2) is 42.0 Å². The zero-order valence-electron chi connectivity index (χ0n) is 12.7. The van der Waals surface area contributed by atoms with Gasteiger partial charge >= 0.3 is 0 Å². The summed E-state index contributed by atoms with van der Waals surface area (Å²) < 4.78 is 24.7. The molecule has 0 spiro atoms. The molecule has 1 unspecified atom stereocenters. The van der Waals surface area contributed by atoms with Crippen LogP contribution in [0.1, 0.15) is 17.8 Å². The lowest BCUT2D eigenvalue weighted by molar-refractivity contribution is 0.459. The molecule has 3 heterocycles. The van der Waals surface area contributed by atoms with Gasteiger partial charge in [0.05, 0.1) is 11.9 Å². The fourth-order valence-corrected chi connectivity index (χ4v) is 4.43. The van der Waals surface area contributed by atoms with E-state index in [0.717, 1.165) is 34.9 Å². The van der Waals surface area contributed by atoms with Gasteiger partial charge in [0.1, 0.15) is 5.01 Å². The van der Waals surface area contributed by atoms with E-state index in [-0.39, 0.29) is 0 Å². The average Bonchev–Trinajstić information content (AvgIpc) is 3.08. The summed E-state index contributed by atoms with van der Waals surface area (Å²) >= 11 is 1.60. The zero-order valence-corrected chi connectivity index (χ0v) is 14.3. The summed E-state index contributed by atoms with van der Waals surface area (Å²) in [5, 5.41) is 2.95. The third-order valence-corrected chi connectivity index (χ3v) is 6.11. The van der Waals surface area contributed by atoms with Gasteiger partial charge in [-0.3, -0.25) is 4.98 Å². The van der Waals surface area contributed by atoms with Crippen LogP contribution in [0, 0.1) is 12.8 Å². The molecule has 0 bridgehead atoms. The summed E-state index contributed by atoms with van der Waals surface area (Å²) in [6.45, 7) is 3.19. The van der Waals surface area contributed by atoms with Crippen molar-refractivity contribution < 1.29 is 8.42 Å². The van der Waals surface area contributed by atoms with E-state index in [4.69, 9.17) is 0 Å². The van der Waals surface area contributed by atoms with Crippen molar-refractivity contribution in [1.82, 2.24) is 14.3 Å². The number of aryl methyl sites for hydroxylation is 1. The summed E-state index contributed by atoms with van der Waals surface area (Å²) in [6.07, 6.45) is 2.98. The van der Waals surface area contributed by atoms with Crippen molar-refractivity contribution in [3.63, 3.8) is 0 Å². The highest BCUT2D eigenvalue weighted by Crippen LogP contribution is 2.25. The van der Waals surface area contributed by atoms with Gasteiger partial charge in [0, 0.05) is 29.9 Å². The number of aromatic nitrogens is 2. The van der Waals surface area contributed by atoms with Gasteiger partial charge in [-0.1, -0.05) is 6.07 Å². The maximum absolute atomic E-state index is 11.6. The Balaban J connectivity index is 1.72. The molecule has 2 aromatic rings. The first-order valence-electron chi connectivity index (χ1n) is 7.25. The van der Waals surface area contributed by atoms with Crippen molar-refractivity contribution in [3.8, 4) is 10.7 Å². The number of sulfonamides is 1. The molecule has 0 N–H and O–H groups in total. The van der Waals surface area contributed by atoms with E-state index >= 15 is 0 Å². The van der Waals surface area contributed by atoms with Crippen molar-refractivity contribution in [2.24, 2.45) is 5.92 Å². The van der Waals surface area contributed by atoms with Gasteiger partial charge in [-0.05, 0) is 37.8 Å². The minimum absolute atomic E-state index is 0.343. The van der Waals surface area contributed by atoms with Crippen LogP contribution in [0.4, 0.5) is 0 Å². The normalized spacial score (nSPS) is 19.6. The molecule has 3 rings (SSSR count).